The van der Waals surface area contributed by atoms with Crippen LogP contribution in [0.15, 0.2) is 65.1 Å². The highest BCUT2D eigenvalue weighted by Crippen LogP contribution is 2.25. The Morgan fingerprint density at radius 2 is 1.96 bits per heavy atom. The normalized spacial score (nSPS) is 16.0. The third-order valence-electron chi connectivity index (χ3n) is 4.11. The molecule has 1 aromatic heterocycles. The van der Waals surface area contributed by atoms with Crippen molar-refractivity contribution in [3.05, 3.63) is 70.5 Å². The van der Waals surface area contributed by atoms with Gasteiger partial charge in [-0.3, -0.25) is 4.79 Å². The molecule has 2 heterocycles. The number of hydrogen-bond acceptors (Lipinski definition) is 5. The van der Waals surface area contributed by atoms with Crippen molar-refractivity contribution in [2.45, 2.75) is 19.4 Å². The Bertz CT molecular complexity index is 966. The van der Waals surface area contributed by atoms with Crippen LogP contribution in [0, 0.1) is 6.92 Å². The molecule has 0 aliphatic carbocycles. The Labute approximate surface area is 155 Å². The number of benzene rings is 2. The van der Waals surface area contributed by atoms with E-state index >= 15 is 0 Å². The van der Waals surface area contributed by atoms with E-state index in [0.717, 1.165) is 33.2 Å². The molecule has 2 aromatic carbocycles. The van der Waals surface area contributed by atoms with Crippen molar-refractivity contribution in [2.24, 2.45) is 5.16 Å². The van der Waals surface area contributed by atoms with Gasteiger partial charge in [-0.2, -0.15) is 0 Å². The fraction of sp³-hybridized carbons (Fsp3) is 0.150. The lowest BCUT2D eigenvalue weighted by atomic mass is 10.0. The molecule has 3 aromatic rings. The number of hydrogen-bond donors (Lipinski definition) is 1. The molecule has 26 heavy (non-hydrogen) atoms. The van der Waals surface area contributed by atoms with Gasteiger partial charge < -0.3 is 10.2 Å². The van der Waals surface area contributed by atoms with Gasteiger partial charge in [0.05, 0.1) is 16.4 Å². The Hall–Kier alpha value is -2.99. The number of aromatic nitrogens is 1. The molecule has 1 aliphatic heterocycles. The third-order valence-corrected chi connectivity index (χ3v) is 4.89. The lowest BCUT2D eigenvalue weighted by Crippen LogP contribution is -2.28. The molecule has 1 aliphatic rings. The molecule has 5 nitrogen and oxygen atoms in total. The second-order valence-corrected chi connectivity index (χ2v) is 7.09. The van der Waals surface area contributed by atoms with Crippen LogP contribution >= 0.6 is 11.3 Å². The number of nitrogens with zero attached hydrogens (tertiary/aromatic N) is 2. The van der Waals surface area contributed by atoms with E-state index < -0.39 is 6.10 Å². The Morgan fingerprint density at radius 3 is 2.73 bits per heavy atom. The van der Waals surface area contributed by atoms with Gasteiger partial charge in [0.25, 0.3) is 5.91 Å². The molecule has 1 unspecified atom stereocenters. The van der Waals surface area contributed by atoms with E-state index in [4.69, 9.17) is 4.84 Å². The minimum absolute atomic E-state index is 0.203. The molecule has 1 N–H and O–H groups in total. The summed E-state index contributed by atoms with van der Waals surface area (Å²) in [6.45, 7) is 1.97. The predicted molar refractivity (Wildman–Crippen MR) is 103 cm³/mol. The lowest BCUT2D eigenvalue weighted by Gasteiger charge is -2.10. The van der Waals surface area contributed by atoms with E-state index in [1.165, 1.54) is 0 Å². The van der Waals surface area contributed by atoms with Crippen LogP contribution in [0.1, 0.15) is 17.0 Å². The fourth-order valence-electron chi connectivity index (χ4n) is 2.79. The molecule has 1 amide bonds. The number of carbonyl (C=O) groups is 1. The summed E-state index contributed by atoms with van der Waals surface area (Å²) in [5, 5.41) is 10.00. The molecule has 1 atom stereocenters. The van der Waals surface area contributed by atoms with E-state index in [1.807, 2.05) is 66.9 Å². The Morgan fingerprint density at radius 1 is 1.15 bits per heavy atom. The van der Waals surface area contributed by atoms with Gasteiger partial charge in [-0.25, -0.2) is 4.98 Å². The zero-order chi connectivity index (χ0) is 17.9. The van der Waals surface area contributed by atoms with Crippen molar-refractivity contribution < 1.29 is 9.63 Å². The van der Waals surface area contributed by atoms with Crippen LogP contribution in [0.2, 0.25) is 0 Å². The maximum absolute atomic E-state index is 12.5. The molecule has 4 rings (SSSR count). The summed E-state index contributed by atoms with van der Waals surface area (Å²) in [7, 11) is 0. The number of anilines is 1. The monoisotopic (exact) mass is 363 g/mol. The van der Waals surface area contributed by atoms with E-state index in [1.54, 1.807) is 11.3 Å². The van der Waals surface area contributed by atoms with E-state index in [2.05, 4.69) is 15.5 Å². The summed E-state index contributed by atoms with van der Waals surface area (Å²) in [6.07, 6.45) is -0.156. The van der Waals surface area contributed by atoms with Gasteiger partial charge >= 0.3 is 0 Å². The van der Waals surface area contributed by atoms with Crippen molar-refractivity contribution >= 4 is 28.6 Å². The molecular formula is C20H17N3O2S. The third kappa shape index (κ3) is 3.50. The zero-order valence-electron chi connectivity index (χ0n) is 14.2. The van der Waals surface area contributed by atoms with Crippen LogP contribution in [-0.4, -0.2) is 22.7 Å². The smallest absolute Gasteiger partial charge is 0.268 e. The van der Waals surface area contributed by atoms with Gasteiger partial charge in [-0.05, 0) is 24.6 Å². The van der Waals surface area contributed by atoms with Crippen LogP contribution in [0.25, 0.3) is 11.3 Å². The van der Waals surface area contributed by atoms with Crippen molar-refractivity contribution in [1.82, 2.24) is 4.98 Å². The molecule has 130 valence electrons. The first-order valence-electron chi connectivity index (χ1n) is 8.30. The first-order valence-corrected chi connectivity index (χ1v) is 9.18. The van der Waals surface area contributed by atoms with Gasteiger partial charge in [0.15, 0.2) is 0 Å². The van der Waals surface area contributed by atoms with Crippen molar-refractivity contribution in [1.29, 1.82) is 0 Å². The van der Waals surface area contributed by atoms with Crippen molar-refractivity contribution in [2.75, 3.05) is 5.32 Å². The second kappa shape index (κ2) is 7.09. The SMILES string of the molecule is Cc1nc(-c2cccc(NC(=O)C3CC(c4ccccc4)=NO3)c2)cs1. The molecule has 0 saturated heterocycles. The van der Waals surface area contributed by atoms with E-state index in [-0.39, 0.29) is 5.91 Å². The quantitative estimate of drug-likeness (QED) is 0.754. The predicted octanol–water partition coefficient (Wildman–Crippen LogP) is 4.25. The summed E-state index contributed by atoms with van der Waals surface area (Å²) in [5.74, 6) is -0.203. The standard InChI is InChI=1S/C20H17N3O2S/c1-13-21-18(12-26-13)15-8-5-9-16(10-15)22-20(24)19-11-17(23-25-19)14-6-3-2-4-7-14/h2-10,12,19H,11H2,1H3,(H,22,24). The van der Waals surface area contributed by atoms with Crippen LogP contribution in [0.5, 0.6) is 0 Å². The fourth-order valence-corrected chi connectivity index (χ4v) is 3.42. The number of aryl methyl sites for hydroxylation is 1. The number of nitrogens with one attached hydrogen (secondary N) is 1. The first kappa shape index (κ1) is 16.5. The van der Waals surface area contributed by atoms with Crippen molar-refractivity contribution in [3.63, 3.8) is 0 Å². The van der Waals surface area contributed by atoms with E-state index in [9.17, 15) is 4.79 Å². The summed E-state index contributed by atoms with van der Waals surface area (Å²) in [5.41, 5.74) is 4.37. The minimum Gasteiger partial charge on any atom is -0.382 e. The van der Waals surface area contributed by atoms with Crippen LogP contribution < -0.4 is 5.32 Å². The molecule has 6 heteroatoms. The van der Waals surface area contributed by atoms with Crippen LogP contribution in [-0.2, 0) is 9.63 Å². The topological polar surface area (TPSA) is 63.6 Å². The number of rotatable bonds is 4. The Kier molecular flexibility index (Phi) is 4.50. The highest BCUT2D eigenvalue weighted by Gasteiger charge is 2.28. The summed E-state index contributed by atoms with van der Waals surface area (Å²) < 4.78 is 0. The van der Waals surface area contributed by atoms with Crippen molar-refractivity contribution in [3.8, 4) is 11.3 Å². The van der Waals surface area contributed by atoms with Gasteiger partial charge in [-0.15, -0.1) is 11.3 Å². The summed E-state index contributed by atoms with van der Waals surface area (Å²) in [4.78, 5) is 22.3. The maximum atomic E-state index is 12.5. The van der Waals surface area contributed by atoms with Crippen LogP contribution in [0.3, 0.4) is 0 Å². The van der Waals surface area contributed by atoms with Gasteiger partial charge in [-0.1, -0.05) is 47.6 Å². The van der Waals surface area contributed by atoms with Crippen LogP contribution in [0.4, 0.5) is 5.69 Å². The van der Waals surface area contributed by atoms with Gasteiger partial charge in [0.2, 0.25) is 6.10 Å². The maximum Gasteiger partial charge on any atom is 0.268 e. The highest BCUT2D eigenvalue weighted by molar-refractivity contribution is 7.09. The average Bonchev–Trinajstić information content (AvgIpc) is 3.32. The summed E-state index contributed by atoms with van der Waals surface area (Å²) in [6, 6.07) is 17.4. The number of carbonyl (C=O) groups excluding carboxylic acids is 1. The largest absolute Gasteiger partial charge is 0.382 e. The molecule has 0 fully saturated rings. The number of amides is 1. The number of oxime groups is 1. The molecule has 0 radical (unpaired) electrons. The van der Waals surface area contributed by atoms with E-state index in [0.29, 0.717) is 6.42 Å². The Balaban J connectivity index is 1.43. The molecular weight excluding hydrogens is 346 g/mol. The second-order valence-electron chi connectivity index (χ2n) is 6.02. The molecule has 0 spiro atoms. The first-order chi connectivity index (χ1) is 12.7. The number of thiazole rings is 1. The molecule has 0 saturated carbocycles. The van der Waals surface area contributed by atoms with Gasteiger partial charge in [0.1, 0.15) is 0 Å². The lowest BCUT2D eigenvalue weighted by molar-refractivity contribution is -0.125. The van der Waals surface area contributed by atoms with Gasteiger partial charge in [0, 0.05) is 23.1 Å². The molecule has 0 bridgehead atoms. The summed E-state index contributed by atoms with van der Waals surface area (Å²) >= 11 is 1.60. The zero-order valence-corrected chi connectivity index (χ0v) is 15.0. The highest BCUT2D eigenvalue weighted by atomic mass is 32.1. The average molecular weight is 363 g/mol. The minimum atomic E-state index is -0.615.